The van der Waals surface area contributed by atoms with Crippen molar-refractivity contribution in [3.8, 4) is 11.8 Å². The van der Waals surface area contributed by atoms with Crippen LogP contribution in [0.25, 0.3) is 0 Å². The summed E-state index contributed by atoms with van der Waals surface area (Å²) in [5.74, 6) is 0.831. The lowest BCUT2D eigenvalue weighted by atomic mass is 10.1. The van der Waals surface area contributed by atoms with Crippen LogP contribution in [0.4, 0.5) is 0 Å². The topological polar surface area (TPSA) is 57.9 Å². The lowest BCUT2D eigenvalue weighted by Gasteiger charge is -2.12. The van der Waals surface area contributed by atoms with E-state index < -0.39 is 0 Å². The molecule has 0 bridgehead atoms. The first-order valence-corrected chi connectivity index (χ1v) is 6.45. The van der Waals surface area contributed by atoms with Gasteiger partial charge in [0.05, 0.1) is 0 Å². The van der Waals surface area contributed by atoms with Crippen molar-refractivity contribution in [2.75, 3.05) is 7.05 Å². The molecule has 2 rings (SSSR count). The summed E-state index contributed by atoms with van der Waals surface area (Å²) >= 11 is 0. The van der Waals surface area contributed by atoms with E-state index in [9.17, 15) is 0 Å². The number of aryl methyl sites for hydroxylation is 1. The Morgan fingerprint density at radius 1 is 1.30 bits per heavy atom. The summed E-state index contributed by atoms with van der Waals surface area (Å²) in [6.45, 7) is 3.14. The predicted molar refractivity (Wildman–Crippen MR) is 77.2 cm³/mol. The van der Waals surface area contributed by atoms with Crippen LogP contribution >= 0.6 is 0 Å². The Kier molecular flexibility index (Phi) is 4.70. The maximum atomic E-state index is 9.01. The number of aromatic nitrogens is 1. The highest BCUT2D eigenvalue weighted by atomic mass is 16.5. The molecule has 0 saturated heterocycles. The number of nitrogens with one attached hydrogen (secondary N) is 1. The summed E-state index contributed by atoms with van der Waals surface area (Å²) in [4.78, 5) is 4.03. The van der Waals surface area contributed by atoms with Gasteiger partial charge in [-0.3, -0.25) is 0 Å². The Morgan fingerprint density at radius 2 is 2.15 bits per heavy atom. The van der Waals surface area contributed by atoms with Crippen LogP contribution in [0.5, 0.6) is 5.75 Å². The number of nitriles is 1. The maximum absolute atomic E-state index is 9.01. The van der Waals surface area contributed by atoms with Gasteiger partial charge >= 0.3 is 0 Å². The highest BCUT2D eigenvalue weighted by molar-refractivity contribution is 5.37. The number of pyridine rings is 1. The molecule has 1 N–H and O–H groups in total. The van der Waals surface area contributed by atoms with E-state index in [0.717, 1.165) is 23.4 Å². The molecule has 1 aromatic heterocycles. The second-order valence-electron chi connectivity index (χ2n) is 4.55. The van der Waals surface area contributed by atoms with Gasteiger partial charge < -0.3 is 10.1 Å². The quantitative estimate of drug-likeness (QED) is 0.904. The van der Waals surface area contributed by atoms with E-state index >= 15 is 0 Å². The molecular weight excluding hydrogens is 250 g/mol. The molecule has 0 radical (unpaired) electrons. The zero-order chi connectivity index (χ0) is 14.4. The summed E-state index contributed by atoms with van der Waals surface area (Å²) in [6, 6.07) is 11.8. The van der Waals surface area contributed by atoms with Crippen LogP contribution in [-0.2, 0) is 13.2 Å². The number of nitrogens with zero attached hydrogens (tertiary/aromatic N) is 2. The minimum Gasteiger partial charge on any atom is -0.488 e. The summed E-state index contributed by atoms with van der Waals surface area (Å²) in [6.07, 6.45) is 1.61. The second kappa shape index (κ2) is 6.69. The highest BCUT2D eigenvalue weighted by Gasteiger charge is 2.07. The van der Waals surface area contributed by atoms with Crippen molar-refractivity contribution in [2.45, 2.75) is 20.1 Å². The molecule has 4 nitrogen and oxygen atoms in total. The van der Waals surface area contributed by atoms with Crippen molar-refractivity contribution in [1.29, 1.82) is 5.26 Å². The third kappa shape index (κ3) is 3.34. The molecule has 0 saturated carbocycles. The Hall–Kier alpha value is -2.38. The van der Waals surface area contributed by atoms with Crippen LogP contribution in [0.15, 0.2) is 36.5 Å². The van der Waals surface area contributed by atoms with Gasteiger partial charge in [-0.15, -0.1) is 0 Å². The molecule has 0 unspecified atom stereocenters. The first kappa shape index (κ1) is 14.0. The average Bonchev–Trinajstić information content (AvgIpc) is 2.47. The first-order valence-electron chi connectivity index (χ1n) is 6.45. The van der Waals surface area contributed by atoms with E-state index in [2.05, 4.69) is 29.4 Å². The molecule has 0 fully saturated rings. The zero-order valence-electron chi connectivity index (χ0n) is 11.7. The minimum absolute atomic E-state index is 0.344. The number of benzene rings is 1. The molecule has 0 spiro atoms. The Morgan fingerprint density at radius 3 is 2.90 bits per heavy atom. The van der Waals surface area contributed by atoms with Crippen LogP contribution in [-0.4, -0.2) is 12.0 Å². The second-order valence-corrected chi connectivity index (χ2v) is 4.55. The average molecular weight is 267 g/mol. The van der Waals surface area contributed by atoms with Crippen LogP contribution < -0.4 is 10.1 Å². The summed E-state index contributed by atoms with van der Waals surface area (Å²) in [7, 11) is 1.90. The largest absolute Gasteiger partial charge is 0.488 e. The minimum atomic E-state index is 0.344. The van der Waals surface area contributed by atoms with Gasteiger partial charge in [0, 0.05) is 23.9 Å². The fraction of sp³-hybridized carbons (Fsp3) is 0.250. The third-order valence-corrected chi connectivity index (χ3v) is 2.96. The highest BCUT2D eigenvalue weighted by Crippen LogP contribution is 2.21. The van der Waals surface area contributed by atoms with Gasteiger partial charge in [-0.1, -0.05) is 23.8 Å². The lowest BCUT2D eigenvalue weighted by molar-refractivity contribution is 0.301. The van der Waals surface area contributed by atoms with Crippen molar-refractivity contribution in [3.05, 3.63) is 58.9 Å². The Bertz CT molecular complexity index is 632. The predicted octanol–water partition coefficient (Wildman–Crippen LogP) is 2.56. The van der Waals surface area contributed by atoms with Crippen LogP contribution in [0.1, 0.15) is 22.4 Å². The van der Waals surface area contributed by atoms with E-state index in [1.165, 1.54) is 5.56 Å². The molecule has 102 valence electrons. The summed E-state index contributed by atoms with van der Waals surface area (Å²) < 4.78 is 5.84. The molecule has 0 aliphatic carbocycles. The molecule has 0 aliphatic heterocycles. The van der Waals surface area contributed by atoms with Crippen molar-refractivity contribution in [3.63, 3.8) is 0 Å². The Labute approximate surface area is 119 Å². The molecule has 4 heteroatoms. The normalized spacial score (nSPS) is 10.1. The van der Waals surface area contributed by atoms with Gasteiger partial charge in [0.25, 0.3) is 0 Å². The zero-order valence-corrected chi connectivity index (χ0v) is 11.7. The number of rotatable bonds is 5. The van der Waals surface area contributed by atoms with E-state index in [1.54, 1.807) is 6.20 Å². The Balaban J connectivity index is 2.17. The summed E-state index contributed by atoms with van der Waals surface area (Å²) in [5.41, 5.74) is 3.51. The van der Waals surface area contributed by atoms with Gasteiger partial charge in [-0.25, -0.2) is 4.98 Å². The van der Waals surface area contributed by atoms with Gasteiger partial charge in [-0.2, -0.15) is 5.26 Å². The van der Waals surface area contributed by atoms with Crippen molar-refractivity contribution in [2.24, 2.45) is 0 Å². The maximum Gasteiger partial charge on any atom is 0.147 e. The first-order chi connectivity index (χ1) is 9.74. The van der Waals surface area contributed by atoms with E-state index in [0.29, 0.717) is 12.3 Å². The SMILES string of the molecule is CNCc1cc(C)ccc1OCc1cccnc1C#N. The van der Waals surface area contributed by atoms with Crippen molar-refractivity contribution in [1.82, 2.24) is 10.3 Å². The fourth-order valence-corrected chi connectivity index (χ4v) is 1.99. The van der Waals surface area contributed by atoms with E-state index in [4.69, 9.17) is 10.00 Å². The van der Waals surface area contributed by atoms with Crippen LogP contribution in [0.3, 0.4) is 0 Å². The number of ether oxygens (including phenoxy) is 1. The van der Waals surface area contributed by atoms with E-state index in [1.807, 2.05) is 31.3 Å². The summed E-state index contributed by atoms with van der Waals surface area (Å²) in [5, 5.41) is 12.1. The molecule has 0 atom stereocenters. The van der Waals surface area contributed by atoms with Gasteiger partial charge in [-0.05, 0) is 26.1 Å². The molecule has 0 aliphatic rings. The van der Waals surface area contributed by atoms with Gasteiger partial charge in [0.2, 0.25) is 0 Å². The monoisotopic (exact) mass is 267 g/mol. The van der Waals surface area contributed by atoms with Crippen LogP contribution in [0, 0.1) is 18.3 Å². The standard InChI is InChI=1S/C16H17N3O/c1-12-5-6-16(14(8-12)10-18-2)20-11-13-4-3-7-19-15(13)9-17/h3-8,18H,10-11H2,1-2H3. The van der Waals surface area contributed by atoms with Gasteiger partial charge in [0.1, 0.15) is 24.1 Å². The molecule has 2 aromatic rings. The number of hydrogen-bond acceptors (Lipinski definition) is 4. The van der Waals surface area contributed by atoms with Crippen molar-refractivity contribution >= 4 is 0 Å². The van der Waals surface area contributed by atoms with Gasteiger partial charge in [0.15, 0.2) is 0 Å². The molecular formula is C16H17N3O. The van der Waals surface area contributed by atoms with Crippen LogP contribution in [0.2, 0.25) is 0 Å². The molecule has 0 amide bonds. The van der Waals surface area contributed by atoms with E-state index in [-0.39, 0.29) is 0 Å². The van der Waals surface area contributed by atoms with Crippen molar-refractivity contribution < 1.29 is 4.74 Å². The molecule has 20 heavy (non-hydrogen) atoms. The number of hydrogen-bond donors (Lipinski definition) is 1. The fourth-order valence-electron chi connectivity index (χ4n) is 1.99. The smallest absolute Gasteiger partial charge is 0.147 e. The lowest BCUT2D eigenvalue weighted by Crippen LogP contribution is -2.08. The third-order valence-electron chi connectivity index (χ3n) is 2.96. The molecule has 1 aromatic carbocycles. The molecule has 1 heterocycles.